The number of amides is 1. The van der Waals surface area contributed by atoms with Crippen LogP contribution in [0.15, 0.2) is 22.7 Å². The van der Waals surface area contributed by atoms with Crippen LogP contribution in [0.5, 0.6) is 0 Å². The number of nitrogens with one attached hydrogen (secondary N) is 2. The number of nitrogens with zero attached hydrogens (tertiary/aromatic N) is 1. The molecule has 0 unspecified atom stereocenters. The maximum atomic E-state index is 12.0. The molecule has 5 nitrogen and oxygen atoms in total. The number of rotatable bonds is 2. The Labute approximate surface area is 117 Å². The maximum absolute atomic E-state index is 12.0. The molecular formula is C11H10BrClN4O. The number of H-pyrrole nitrogens is 1. The lowest BCUT2D eigenvalue weighted by atomic mass is 10.2. The highest BCUT2D eigenvalue weighted by Crippen LogP contribution is 2.26. The van der Waals surface area contributed by atoms with E-state index in [9.17, 15) is 4.79 Å². The normalized spacial score (nSPS) is 10.4. The van der Waals surface area contributed by atoms with Crippen molar-refractivity contribution in [3.63, 3.8) is 0 Å². The molecule has 4 N–H and O–H groups in total. The van der Waals surface area contributed by atoms with Crippen LogP contribution < -0.4 is 11.1 Å². The second-order valence-electron chi connectivity index (χ2n) is 3.69. The van der Waals surface area contributed by atoms with Gasteiger partial charge in [-0.2, -0.15) is 5.10 Å². The Bertz CT molecular complexity index is 592. The van der Waals surface area contributed by atoms with Crippen molar-refractivity contribution in [1.82, 2.24) is 10.2 Å². The molecule has 0 radical (unpaired) electrons. The van der Waals surface area contributed by atoms with E-state index in [1.165, 1.54) is 0 Å². The molecule has 0 atom stereocenters. The number of carbonyl (C=O) groups excluding carboxylic acids is 1. The Morgan fingerprint density at radius 1 is 1.56 bits per heavy atom. The van der Waals surface area contributed by atoms with Gasteiger partial charge in [0.05, 0.1) is 5.02 Å². The van der Waals surface area contributed by atoms with Crippen molar-refractivity contribution in [2.24, 2.45) is 0 Å². The molecule has 18 heavy (non-hydrogen) atoms. The van der Waals surface area contributed by atoms with Crippen LogP contribution in [0, 0.1) is 6.92 Å². The molecule has 0 aliphatic rings. The summed E-state index contributed by atoms with van der Waals surface area (Å²) in [5, 5.41) is 9.73. The third-order valence-electron chi connectivity index (χ3n) is 2.38. The van der Waals surface area contributed by atoms with Crippen molar-refractivity contribution in [2.45, 2.75) is 6.92 Å². The topological polar surface area (TPSA) is 83.8 Å². The summed E-state index contributed by atoms with van der Waals surface area (Å²) in [7, 11) is 0. The van der Waals surface area contributed by atoms with Crippen LogP contribution in [0.1, 0.15) is 16.1 Å². The molecule has 0 aliphatic carbocycles. The number of nitrogens with two attached hydrogens (primary N) is 1. The minimum Gasteiger partial charge on any atom is -0.382 e. The van der Waals surface area contributed by atoms with Gasteiger partial charge in [-0.3, -0.25) is 9.89 Å². The van der Waals surface area contributed by atoms with E-state index in [2.05, 4.69) is 31.4 Å². The first-order chi connectivity index (χ1) is 8.49. The lowest BCUT2D eigenvalue weighted by Gasteiger charge is -2.06. The van der Waals surface area contributed by atoms with Gasteiger partial charge in [0.15, 0.2) is 5.82 Å². The average Bonchev–Trinajstić information content (AvgIpc) is 2.64. The van der Waals surface area contributed by atoms with Gasteiger partial charge in [0.2, 0.25) is 0 Å². The summed E-state index contributed by atoms with van der Waals surface area (Å²) in [5.74, 6) is -0.133. The van der Waals surface area contributed by atoms with E-state index in [-0.39, 0.29) is 11.7 Å². The van der Waals surface area contributed by atoms with Crippen LogP contribution in [-0.4, -0.2) is 16.1 Å². The van der Waals surface area contributed by atoms with Crippen molar-refractivity contribution in [3.8, 4) is 0 Å². The number of halogens is 2. The quantitative estimate of drug-likeness (QED) is 0.792. The fraction of sp³-hybridized carbons (Fsp3) is 0.0909. The molecular weight excluding hydrogens is 320 g/mol. The molecule has 1 aromatic heterocycles. The maximum Gasteiger partial charge on any atom is 0.261 e. The predicted octanol–water partition coefficient (Wildman–Crippen LogP) is 2.97. The van der Waals surface area contributed by atoms with Gasteiger partial charge < -0.3 is 11.1 Å². The highest BCUT2D eigenvalue weighted by atomic mass is 79.9. The highest BCUT2D eigenvalue weighted by Gasteiger charge is 2.16. The number of hydrogen-bond acceptors (Lipinski definition) is 3. The fourth-order valence-corrected chi connectivity index (χ4v) is 2.00. The van der Waals surface area contributed by atoms with Crippen molar-refractivity contribution < 1.29 is 4.79 Å². The van der Waals surface area contributed by atoms with Gasteiger partial charge in [-0.25, -0.2) is 0 Å². The van der Waals surface area contributed by atoms with Crippen LogP contribution in [0.4, 0.5) is 11.5 Å². The molecule has 2 rings (SSSR count). The van der Waals surface area contributed by atoms with E-state index in [0.29, 0.717) is 26.4 Å². The van der Waals surface area contributed by atoms with Gasteiger partial charge in [-0.1, -0.05) is 11.6 Å². The zero-order valence-electron chi connectivity index (χ0n) is 9.42. The Kier molecular flexibility index (Phi) is 3.58. The molecule has 1 aromatic carbocycles. The molecule has 0 saturated heterocycles. The van der Waals surface area contributed by atoms with Gasteiger partial charge in [0, 0.05) is 15.9 Å². The molecule has 1 heterocycles. The van der Waals surface area contributed by atoms with E-state index in [1.54, 1.807) is 25.1 Å². The summed E-state index contributed by atoms with van der Waals surface area (Å²) in [6.45, 7) is 1.73. The first kappa shape index (κ1) is 12.9. The van der Waals surface area contributed by atoms with E-state index in [0.717, 1.165) is 0 Å². The second kappa shape index (κ2) is 4.99. The number of hydrogen-bond donors (Lipinski definition) is 3. The number of aromatic nitrogens is 2. The van der Waals surface area contributed by atoms with Gasteiger partial charge in [0.25, 0.3) is 5.91 Å². The molecule has 7 heteroatoms. The zero-order chi connectivity index (χ0) is 13.3. The van der Waals surface area contributed by atoms with E-state index < -0.39 is 0 Å². The van der Waals surface area contributed by atoms with Crippen LogP contribution in [-0.2, 0) is 0 Å². The van der Waals surface area contributed by atoms with Crippen molar-refractivity contribution in [2.75, 3.05) is 11.1 Å². The lowest BCUT2D eigenvalue weighted by molar-refractivity contribution is 0.102. The SMILES string of the molecule is Cc1[nH]nc(N)c1C(=O)Nc1ccc(Cl)c(Br)c1. The van der Waals surface area contributed by atoms with Gasteiger partial charge in [-0.15, -0.1) is 0 Å². The number of nitrogen functional groups attached to an aromatic ring is 1. The van der Waals surface area contributed by atoms with Gasteiger partial charge >= 0.3 is 0 Å². The third-order valence-corrected chi connectivity index (χ3v) is 3.59. The summed E-state index contributed by atoms with van der Waals surface area (Å²) >= 11 is 9.16. The van der Waals surface area contributed by atoms with E-state index in [4.69, 9.17) is 17.3 Å². The number of carbonyl (C=O) groups is 1. The molecule has 0 bridgehead atoms. The smallest absolute Gasteiger partial charge is 0.261 e. The molecule has 94 valence electrons. The van der Waals surface area contributed by atoms with Crippen LogP contribution in [0.3, 0.4) is 0 Å². The summed E-state index contributed by atoms with van der Waals surface area (Å²) < 4.78 is 0.707. The van der Waals surface area contributed by atoms with E-state index in [1.807, 2.05) is 0 Å². The first-order valence-electron chi connectivity index (χ1n) is 5.06. The number of aromatic amines is 1. The molecule has 1 amide bonds. The number of benzene rings is 1. The Morgan fingerprint density at radius 3 is 2.83 bits per heavy atom. The summed E-state index contributed by atoms with van der Waals surface area (Å²) in [4.78, 5) is 12.0. The first-order valence-corrected chi connectivity index (χ1v) is 6.23. The third kappa shape index (κ3) is 2.49. The number of anilines is 2. The van der Waals surface area contributed by atoms with Crippen LogP contribution >= 0.6 is 27.5 Å². The second-order valence-corrected chi connectivity index (χ2v) is 4.95. The number of aryl methyl sites for hydroxylation is 1. The average molecular weight is 330 g/mol. The van der Waals surface area contributed by atoms with E-state index >= 15 is 0 Å². The predicted molar refractivity (Wildman–Crippen MR) is 74.8 cm³/mol. The minimum atomic E-state index is -0.312. The molecule has 0 aliphatic heterocycles. The van der Waals surface area contributed by atoms with Crippen LogP contribution in [0.25, 0.3) is 0 Å². The van der Waals surface area contributed by atoms with Gasteiger partial charge in [-0.05, 0) is 41.1 Å². The standard InChI is InChI=1S/C11H10BrClN4O/c1-5-9(10(14)17-16-5)11(18)15-6-2-3-8(13)7(12)4-6/h2-4H,1H3,(H,15,18)(H3,14,16,17). The minimum absolute atomic E-state index is 0.179. The fourth-order valence-electron chi connectivity index (χ4n) is 1.50. The van der Waals surface area contributed by atoms with Crippen LogP contribution in [0.2, 0.25) is 5.02 Å². The Balaban J connectivity index is 2.24. The molecule has 0 spiro atoms. The summed E-state index contributed by atoms with van der Waals surface area (Å²) in [6, 6.07) is 5.11. The zero-order valence-corrected chi connectivity index (χ0v) is 11.8. The lowest BCUT2D eigenvalue weighted by Crippen LogP contribution is -2.14. The summed E-state index contributed by atoms with van der Waals surface area (Å²) in [5.41, 5.74) is 7.21. The van der Waals surface area contributed by atoms with Crippen molar-refractivity contribution >= 4 is 44.9 Å². The Morgan fingerprint density at radius 2 is 2.28 bits per heavy atom. The molecule has 0 fully saturated rings. The van der Waals surface area contributed by atoms with Crippen molar-refractivity contribution in [3.05, 3.63) is 39.0 Å². The van der Waals surface area contributed by atoms with Gasteiger partial charge in [0.1, 0.15) is 5.56 Å². The largest absolute Gasteiger partial charge is 0.382 e. The Hall–Kier alpha value is -1.53. The summed E-state index contributed by atoms with van der Waals surface area (Å²) in [6.07, 6.45) is 0. The molecule has 2 aromatic rings. The monoisotopic (exact) mass is 328 g/mol. The van der Waals surface area contributed by atoms with Crippen molar-refractivity contribution in [1.29, 1.82) is 0 Å². The molecule has 0 saturated carbocycles. The highest BCUT2D eigenvalue weighted by molar-refractivity contribution is 9.10.